The zero-order valence-electron chi connectivity index (χ0n) is 10.4. The van der Waals surface area contributed by atoms with E-state index in [2.05, 4.69) is 27.7 Å². The molecule has 1 fully saturated rings. The molecule has 0 heterocycles. The lowest BCUT2D eigenvalue weighted by atomic mass is 9.81. The van der Waals surface area contributed by atoms with E-state index in [1.165, 1.54) is 38.5 Å². The van der Waals surface area contributed by atoms with Gasteiger partial charge in [-0.2, -0.15) is 0 Å². The molecule has 1 saturated carbocycles. The molecule has 1 aliphatic rings. The first-order valence-corrected chi connectivity index (χ1v) is 6.20. The smallest absolute Gasteiger partial charge is 0.0162 e. The molecule has 0 aromatic rings. The van der Waals surface area contributed by atoms with E-state index in [1.807, 2.05) is 0 Å². The Bertz CT molecular complexity index is 182. The lowest BCUT2D eigenvalue weighted by Crippen LogP contribution is -2.39. The van der Waals surface area contributed by atoms with Crippen molar-refractivity contribution in [3.8, 4) is 0 Å². The van der Waals surface area contributed by atoms with Crippen molar-refractivity contribution >= 4 is 0 Å². The second-order valence-electron chi connectivity index (χ2n) is 6.09. The van der Waals surface area contributed by atoms with Crippen LogP contribution in [-0.4, -0.2) is 5.54 Å². The molecule has 0 bridgehead atoms. The molecule has 84 valence electrons. The van der Waals surface area contributed by atoms with Gasteiger partial charge in [-0.3, -0.25) is 0 Å². The van der Waals surface area contributed by atoms with Crippen LogP contribution < -0.4 is 5.73 Å². The predicted molar refractivity (Wildman–Crippen MR) is 63.2 cm³/mol. The van der Waals surface area contributed by atoms with Crippen LogP contribution in [0.15, 0.2) is 0 Å². The number of nitrogens with two attached hydrogens (primary N) is 1. The van der Waals surface area contributed by atoms with Gasteiger partial charge in [0.25, 0.3) is 0 Å². The molecule has 0 aliphatic heterocycles. The Kier molecular flexibility index (Phi) is 3.63. The first-order valence-electron chi connectivity index (χ1n) is 6.20. The van der Waals surface area contributed by atoms with Crippen molar-refractivity contribution in [2.45, 2.75) is 71.8 Å². The Morgan fingerprint density at radius 3 is 2.07 bits per heavy atom. The summed E-state index contributed by atoms with van der Waals surface area (Å²) in [6.07, 6.45) is 7.58. The van der Waals surface area contributed by atoms with Gasteiger partial charge in [-0.1, -0.05) is 40.5 Å². The molecule has 0 amide bonds. The van der Waals surface area contributed by atoms with Gasteiger partial charge in [0.2, 0.25) is 0 Å². The van der Waals surface area contributed by atoms with Crippen molar-refractivity contribution in [3.05, 3.63) is 0 Å². The first kappa shape index (κ1) is 12.0. The normalized spacial score (nSPS) is 31.3. The SMILES string of the molecule is CCC(CC)CC1(N)CCC(C)(C)C1. The van der Waals surface area contributed by atoms with Crippen LogP contribution in [0.25, 0.3) is 0 Å². The summed E-state index contributed by atoms with van der Waals surface area (Å²) in [6, 6.07) is 0. The third-order valence-corrected chi connectivity index (χ3v) is 3.98. The second-order valence-corrected chi connectivity index (χ2v) is 6.09. The zero-order chi connectivity index (χ0) is 10.8. The van der Waals surface area contributed by atoms with Crippen molar-refractivity contribution < 1.29 is 0 Å². The summed E-state index contributed by atoms with van der Waals surface area (Å²) < 4.78 is 0. The molecular formula is C13H27N. The summed E-state index contributed by atoms with van der Waals surface area (Å²) >= 11 is 0. The lowest BCUT2D eigenvalue weighted by Gasteiger charge is -2.30. The van der Waals surface area contributed by atoms with Crippen molar-refractivity contribution in [1.82, 2.24) is 0 Å². The van der Waals surface area contributed by atoms with E-state index in [1.54, 1.807) is 0 Å². The molecule has 1 unspecified atom stereocenters. The largest absolute Gasteiger partial charge is 0.325 e. The molecular weight excluding hydrogens is 170 g/mol. The van der Waals surface area contributed by atoms with Crippen LogP contribution in [0.4, 0.5) is 0 Å². The predicted octanol–water partition coefficient (Wildman–Crippen LogP) is 3.72. The van der Waals surface area contributed by atoms with Gasteiger partial charge >= 0.3 is 0 Å². The highest BCUT2D eigenvalue weighted by atomic mass is 14.8. The van der Waals surface area contributed by atoms with Gasteiger partial charge in [-0.25, -0.2) is 0 Å². The summed E-state index contributed by atoms with van der Waals surface area (Å²) in [5.41, 5.74) is 7.13. The Labute approximate surface area is 89.5 Å². The van der Waals surface area contributed by atoms with E-state index < -0.39 is 0 Å². The van der Waals surface area contributed by atoms with Crippen LogP contribution in [0.3, 0.4) is 0 Å². The van der Waals surface area contributed by atoms with E-state index in [0.29, 0.717) is 5.41 Å². The summed E-state index contributed by atoms with van der Waals surface area (Å²) in [7, 11) is 0. The molecule has 0 aromatic heterocycles. The molecule has 14 heavy (non-hydrogen) atoms. The van der Waals surface area contributed by atoms with E-state index >= 15 is 0 Å². The fraction of sp³-hybridized carbons (Fsp3) is 1.00. The highest BCUT2D eigenvalue weighted by Crippen LogP contribution is 2.45. The van der Waals surface area contributed by atoms with Crippen molar-refractivity contribution in [2.75, 3.05) is 0 Å². The maximum absolute atomic E-state index is 6.49. The second kappa shape index (κ2) is 4.22. The van der Waals surface area contributed by atoms with Crippen molar-refractivity contribution in [2.24, 2.45) is 17.1 Å². The average Bonchev–Trinajstić information content (AvgIpc) is 2.37. The third kappa shape index (κ3) is 2.98. The number of hydrogen-bond acceptors (Lipinski definition) is 1. The Hall–Kier alpha value is -0.0400. The van der Waals surface area contributed by atoms with Gasteiger partial charge in [0, 0.05) is 5.54 Å². The lowest BCUT2D eigenvalue weighted by molar-refractivity contribution is 0.275. The minimum absolute atomic E-state index is 0.153. The molecule has 1 aliphatic carbocycles. The minimum Gasteiger partial charge on any atom is -0.325 e. The maximum Gasteiger partial charge on any atom is 0.0162 e. The quantitative estimate of drug-likeness (QED) is 0.730. The Morgan fingerprint density at radius 2 is 1.71 bits per heavy atom. The zero-order valence-corrected chi connectivity index (χ0v) is 10.4. The molecule has 1 heteroatoms. The molecule has 0 spiro atoms. The summed E-state index contributed by atoms with van der Waals surface area (Å²) in [5, 5.41) is 0. The van der Waals surface area contributed by atoms with Gasteiger partial charge in [0.15, 0.2) is 0 Å². The molecule has 0 saturated heterocycles. The highest BCUT2D eigenvalue weighted by molar-refractivity contribution is 4.98. The van der Waals surface area contributed by atoms with Gasteiger partial charge < -0.3 is 5.73 Å². The topological polar surface area (TPSA) is 26.0 Å². The summed E-state index contributed by atoms with van der Waals surface area (Å²) in [6.45, 7) is 9.29. The first-order chi connectivity index (χ1) is 6.41. The van der Waals surface area contributed by atoms with Crippen LogP contribution in [0.1, 0.15) is 66.2 Å². The van der Waals surface area contributed by atoms with Crippen molar-refractivity contribution in [1.29, 1.82) is 0 Å². The molecule has 2 N–H and O–H groups in total. The fourth-order valence-corrected chi connectivity index (χ4v) is 3.04. The van der Waals surface area contributed by atoms with Crippen LogP contribution in [0, 0.1) is 11.3 Å². The Balaban J connectivity index is 2.51. The van der Waals surface area contributed by atoms with Gasteiger partial charge in [0.1, 0.15) is 0 Å². The van der Waals surface area contributed by atoms with E-state index in [9.17, 15) is 0 Å². The van der Waals surface area contributed by atoms with Crippen LogP contribution in [0.2, 0.25) is 0 Å². The molecule has 0 aromatic carbocycles. The van der Waals surface area contributed by atoms with E-state index in [4.69, 9.17) is 5.73 Å². The molecule has 0 radical (unpaired) electrons. The number of hydrogen-bond donors (Lipinski definition) is 1. The number of rotatable bonds is 4. The van der Waals surface area contributed by atoms with Crippen LogP contribution in [0.5, 0.6) is 0 Å². The molecule has 1 atom stereocenters. The van der Waals surface area contributed by atoms with Gasteiger partial charge in [-0.05, 0) is 37.0 Å². The van der Waals surface area contributed by atoms with E-state index in [-0.39, 0.29) is 5.54 Å². The molecule has 1 nitrogen and oxygen atoms in total. The van der Waals surface area contributed by atoms with Gasteiger partial charge in [0.05, 0.1) is 0 Å². The van der Waals surface area contributed by atoms with Crippen LogP contribution in [-0.2, 0) is 0 Å². The van der Waals surface area contributed by atoms with Crippen molar-refractivity contribution in [3.63, 3.8) is 0 Å². The standard InChI is InChI=1S/C13H27N/c1-5-11(6-2)9-13(14)8-7-12(3,4)10-13/h11H,5-10,14H2,1-4H3. The third-order valence-electron chi connectivity index (χ3n) is 3.98. The summed E-state index contributed by atoms with van der Waals surface area (Å²) in [5.74, 6) is 0.842. The Morgan fingerprint density at radius 1 is 1.14 bits per heavy atom. The fourth-order valence-electron chi connectivity index (χ4n) is 3.04. The highest BCUT2D eigenvalue weighted by Gasteiger charge is 2.40. The maximum atomic E-state index is 6.49. The van der Waals surface area contributed by atoms with Crippen LogP contribution >= 0.6 is 0 Å². The average molecular weight is 197 g/mol. The monoisotopic (exact) mass is 197 g/mol. The van der Waals surface area contributed by atoms with Gasteiger partial charge in [-0.15, -0.1) is 0 Å². The molecule has 1 rings (SSSR count). The van der Waals surface area contributed by atoms with E-state index in [0.717, 1.165) is 5.92 Å². The summed E-state index contributed by atoms with van der Waals surface area (Å²) in [4.78, 5) is 0. The minimum atomic E-state index is 0.153.